The molecule has 1 aliphatic heterocycles. The quantitative estimate of drug-likeness (QED) is 0.667. The van der Waals surface area contributed by atoms with E-state index in [0.717, 1.165) is 30.8 Å². The Morgan fingerprint density at radius 1 is 1.46 bits per heavy atom. The van der Waals surface area contributed by atoms with E-state index in [4.69, 9.17) is 16.3 Å². The molecule has 1 aliphatic rings. The Kier molecular flexibility index (Phi) is 2.28. The van der Waals surface area contributed by atoms with Gasteiger partial charge in [-0.2, -0.15) is 0 Å². The molecule has 0 saturated carbocycles. The Morgan fingerprint density at radius 3 is 3.08 bits per heavy atom. The highest BCUT2D eigenvalue weighted by atomic mass is 35.5. The van der Waals surface area contributed by atoms with Gasteiger partial charge >= 0.3 is 0 Å². The first-order valence-electron chi connectivity index (χ1n) is 4.38. The number of rotatable bonds is 1. The maximum atomic E-state index is 5.80. The molecule has 1 aromatic carbocycles. The van der Waals surface area contributed by atoms with Crippen molar-refractivity contribution >= 4 is 16.6 Å². The van der Waals surface area contributed by atoms with Crippen LogP contribution in [0.25, 0.3) is 5.03 Å². The highest BCUT2D eigenvalue weighted by Gasteiger charge is 2.10. The van der Waals surface area contributed by atoms with Crippen LogP contribution < -0.4 is 4.74 Å². The summed E-state index contributed by atoms with van der Waals surface area (Å²) in [7, 11) is 0. The smallest absolute Gasteiger partial charge is 0.123 e. The normalized spacial score (nSPS) is 14.5. The van der Waals surface area contributed by atoms with E-state index in [9.17, 15) is 0 Å². The van der Waals surface area contributed by atoms with Gasteiger partial charge in [0.25, 0.3) is 0 Å². The molecule has 1 aromatic rings. The topological polar surface area (TPSA) is 9.23 Å². The number of ether oxygens (including phenoxy) is 1. The van der Waals surface area contributed by atoms with Crippen LogP contribution >= 0.6 is 11.6 Å². The third-order valence-corrected chi connectivity index (χ3v) is 2.45. The first kappa shape index (κ1) is 8.64. The molecule has 1 nitrogen and oxygen atoms in total. The van der Waals surface area contributed by atoms with Crippen LogP contribution in [-0.2, 0) is 6.42 Å². The van der Waals surface area contributed by atoms with Crippen molar-refractivity contribution in [2.24, 2.45) is 0 Å². The number of fused-ring (bicyclic) bond motifs is 1. The zero-order chi connectivity index (χ0) is 9.26. The molecule has 0 aromatic heterocycles. The van der Waals surface area contributed by atoms with Crippen molar-refractivity contribution < 1.29 is 4.74 Å². The Bertz CT molecular complexity index is 344. The Labute approximate surface area is 83.0 Å². The summed E-state index contributed by atoms with van der Waals surface area (Å²) in [5.74, 6) is 0.963. The third kappa shape index (κ3) is 1.70. The van der Waals surface area contributed by atoms with Crippen LogP contribution in [0.4, 0.5) is 0 Å². The van der Waals surface area contributed by atoms with Crippen LogP contribution in [0.3, 0.4) is 0 Å². The summed E-state index contributed by atoms with van der Waals surface area (Å²) in [5, 5.41) is 0.567. The Morgan fingerprint density at radius 2 is 2.31 bits per heavy atom. The highest BCUT2D eigenvalue weighted by Crippen LogP contribution is 2.28. The molecule has 0 atom stereocenters. The number of benzene rings is 1. The van der Waals surface area contributed by atoms with Crippen molar-refractivity contribution in [3.8, 4) is 5.75 Å². The molecule has 0 bridgehead atoms. The molecular weight excluding hydrogens is 184 g/mol. The lowest BCUT2D eigenvalue weighted by Crippen LogP contribution is -2.08. The predicted molar refractivity (Wildman–Crippen MR) is 55.1 cm³/mol. The van der Waals surface area contributed by atoms with Gasteiger partial charge in [-0.3, -0.25) is 0 Å². The summed E-state index contributed by atoms with van der Waals surface area (Å²) in [6.45, 7) is 4.49. The molecule has 0 amide bonds. The Balaban J connectivity index is 2.40. The minimum absolute atomic E-state index is 0.567. The summed E-state index contributed by atoms with van der Waals surface area (Å²) in [5.41, 5.74) is 2.22. The van der Waals surface area contributed by atoms with Crippen LogP contribution in [0, 0.1) is 0 Å². The molecule has 0 spiro atoms. The standard InChI is InChI=1S/C11H11ClO/c1-8(12)10-5-4-9-3-2-6-13-11(9)7-10/h4-5,7H,1-3,6H2. The molecule has 0 radical (unpaired) electrons. The van der Waals surface area contributed by atoms with Crippen molar-refractivity contribution in [3.05, 3.63) is 35.9 Å². The highest BCUT2D eigenvalue weighted by molar-refractivity contribution is 6.48. The second kappa shape index (κ2) is 3.43. The van der Waals surface area contributed by atoms with Crippen LogP contribution in [0.15, 0.2) is 24.8 Å². The van der Waals surface area contributed by atoms with E-state index in [1.807, 2.05) is 12.1 Å². The third-order valence-electron chi connectivity index (χ3n) is 2.23. The summed E-state index contributed by atoms with van der Waals surface area (Å²) >= 11 is 5.80. The first-order chi connectivity index (χ1) is 6.27. The van der Waals surface area contributed by atoms with Gasteiger partial charge in [-0.1, -0.05) is 30.3 Å². The fourth-order valence-electron chi connectivity index (χ4n) is 1.51. The van der Waals surface area contributed by atoms with Gasteiger partial charge in [-0.25, -0.2) is 0 Å². The van der Waals surface area contributed by atoms with Gasteiger partial charge in [-0.15, -0.1) is 0 Å². The molecule has 0 saturated heterocycles. The van der Waals surface area contributed by atoms with Crippen LogP contribution in [0.1, 0.15) is 17.5 Å². The van der Waals surface area contributed by atoms with E-state index in [1.165, 1.54) is 5.56 Å². The molecule has 0 fully saturated rings. The van der Waals surface area contributed by atoms with Crippen molar-refractivity contribution in [2.75, 3.05) is 6.61 Å². The SMILES string of the molecule is C=C(Cl)c1ccc2c(c1)OCCC2. The number of halogens is 1. The van der Waals surface area contributed by atoms with Gasteiger partial charge in [0.1, 0.15) is 5.75 Å². The van der Waals surface area contributed by atoms with Crippen LogP contribution in [-0.4, -0.2) is 6.61 Å². The molecule has 0 aliphatic carbocycles. The number of hydrogen-bond donors (Lipinski definition) is 0. The lowest BCUT2D eigenvalue weighted by atomic mass is 10.0. The second-order valence-electron chi connectivity index (χ2n) is 3.18. The van der Waals surface area contributed by atoms with Crippen molar-refractivity contribution in [1.29, 1.82) is 0 Å². The summed E-state index contributed by atoms with van der Waals surface area (Å²) in [6.07, 6.45) is 2.21. The number of aryl methyl sites for hydroxylation is 1. The van der Waals surface area contributed by atoms with Crippen LogP contribution in [0.5, 0.6) is 5.75 Å². The molecule has 0 N–H and O–H groups in total. The van der Waals surface area contributed by atoms with Gasteiger partial charge in [0.05, 0.1) is 6.61 Å². The zero-order valence-corrected chi connectivity index (χ0v) is 8.10. The maximum Gasteiger partial charge on any atom is 0.123 e. The van der Waals surface area contributed by atoms with E-state index in [0.29, 0.717) is 5.03 Å². The summed E-state index contributed by atoms with van der Waals surface area (Å²) in [4.78, 5) is 0. The molecule has 2 heteroatoms. The average molecular weight is 195 g/mol. The molecule has 1 heterocycles. The molecular formula is C11H11ClO. The molecule has 13 heavy (non-hydrogen) atoms. The van der Waals surface area contributed by atoms with Crippen molar-refractivity contribution in [3.63, 3.8) is 0 Å². The van der Waals surface area contributed by atoms with Gasteiger partial charge in [0.15, 0.2) is 0 Å². The Hall–Kier alpha value is -0.950. The van der Waals surface area contributed by atoms with E-state index in [-0.39, 0.29) is 0 Å². The lowest BCUT2D eigenvalue weighted by Gasteiger charge is -2.17. The minimum Gasteiger partial charge on any atom is -0.493 e. The van der Waals surface area contributed by atoms with Gasteiger partial charge in [0, 0.05) is 5.03 Å². The summed E-state index contributed by atoms with van der Waals surface area (Å²) < 4.78 is 5.51. The van der Waals surface area contributed by atoms with Gasteiger partial charge in [0.2, 0.25) is 0 Å². The van der Waals surface area contributed by atoms with E-state index >= 15 is 0 Å². The van der Waals surface area contributed by atoms with Crippen molar-refractivity contribution in [1.82, 2.24) is 0 Å². The second-order valence-corrected chi connectivity index (χ2v) is 3.64. The summed E-state index contributed by atoms with van der Waals surface area (Å²) in [6, 6.07) is 6.02. The van der Waals surface area contributed by atoms with E-state index < -0.39 is 0 Å². The lowest BCUT2D eigenvalue weighted by molar-refractivity contribution is 0.288. The molecule has 68 valence electrons. The molecule has 2 rings (SSSR count). The fourth-order valence-corrected chi connectivity index (χ4v) is 1.63. The monoisotopic (exact) mass is 194 g/mol. The van der Waals surface area contributed by atoms with Crippen molar-refractivity contribution in [2.45, 2.75) is 12.8 Å². The van der Waals surface area contributed by atoms with Gasteiger partial charge in [-0.05, 0) is 30.0 Å². The average Bonchev–Trinajstić information content (AvgIpc) is 2.17. The molecule has 0 unspecified atom stereocenters. The van der Waals surface area contributed by atoms with E-state index in [1.54, 1.807) is 0 Å². The predicted octanol–water partition coefficient (Wildman–Crippen LogP) is 3.22. The fraction of sp³-hybridized carbons (Fsp3) is 0.273. The largest absolute Gasteiger partial charge is 0.493 e. The van der Waals surface area contributed by atoms with E-state index in [2.05, 4.69) is 12.6 Å². The zero-order valence-electron chi connectivity index (χ0n) is 7.35. The maximum absolute atomic E-state index is 5.80. The number of hydrogen-bond acceptors (Lipinski definition) is 1. The van der Waals surface area contributed by atoms with Gasteiger partial charge < -0.3 is 4.74 Å². The van der Waals surface area contributed by atoms with Crippen LogP contribution in [0.2, 0.25) is 0 Å². The first-order valence-corrected chi connectivity index (χ1v) is 4.75. The minimum atomic E-state index is 0.567.